The standard InChI is InChI=1S/C17H16N2O/c1-12(15-8-2-3-11-18-15)19-16-9-4-7-14-13(16)6-5-10-17(14)20/h2-12,19-20H,1H3. The summed E-state index contributed by atoms with van der Waals surface area (Å²) in [6, 6.07) is 17.4. The molecular weight excluding hydrogens is 248 g/mol. The van der Waals surface area contributed by atoms with Crippen molar-refractivity contribution >= 4 is 16.5 Å². The summed E-state index contributed by atoms with van der Waals surface area (Å²) in [5.74, 6) is 0.302. The molecule has 1 aromatic heterocycles. The van der Waals surface area contributed by atoms with Crippen molar-refractivity contribution in [2.24, 2.45) is 0 Å². The molecule has 0 fully saturated rings. The topological polar surface area (TPSA) is 45.1 Å². The summed E-state index contributed by atoms with van der Waals surface area (Å²) in [5, 5.41) is 15.2. The summed E-state index contributed by atoms with van der Waals surface area (Å²) in [6.07, 6.45) is 1.79. The maximum absolute atomic E-state index is 9.91. The summed E-state index contributed by atoms with van der Waals surface area (Å²) >= 11 is 0. The Labute approximate surface area is 117 Å². The monoisotopic (exact) mass is 264 g/mol. The van der Waals surface area contributed by atoms with Crippen LogP contribution in [-0.2, 0) is 0 Å². The Morgan fingerprint density at radius 2 is 1.75 bits per heavy atom. The second-order valence-corrected chi connectivity index (χ2v) is 4.80. The van der Waals surface area contributed by atoms with Gasteiger partial charge in [0.15, 0.2) is 0 Å². The molecule has 3 aromatic rings. The van der Waals surface area contributed by atoms with Crippen LogP contribution < -0.4 is 5.32 Å². The van der Waals surface area contributed by atoms with Gasteiger partial charge in [0.05, 0.1) is 11.7 Å². The molecule has 2 N–H and O–H groups in total. The lowest BCUT2D eigenvalue weighted by Gasteiger charge is -2.16. The van der Waals surface area contributed by atoms with Gasteiger partial charge in [0.2, 0.25) is 0 Å². The Morgan fingerprint density at radius 1 is 0.950 bits per heavy atom. The number of phenols is 1. The molecule has 0 amide bonds. The number of nitrogens with zero attached hydrogens (tertiary/aromatic N) is 1. The molecule has 0 radical (unpaired) electrons. The van der Waals surface area contributed by atoms with E-state index in [-0.39, 0.29) is 6.04 Å². The minimum Gasteiger partial charge on any atom is -0.507 e. The van der Waals surface area contributed by atoms with Crippen LogP contribution in [0.15, 0.2) is 60.8 Å². The average molecular weight is 264 g/mol. The molecule has 0 spiro atoms. The lowest BCUT2D eigenvalue weighted by atomic mass is 10.1. The molecule has 0 saturated heterocycles. The number of hydrogen-bond donors (Lipinski definition) is 2. The van der Waals surface area contributed by atoms with Gasteiger partial charge in [0, 0.05) is 22.7 Å². The molecule has 1 atom stereocenters. The van der Waals surface area contributed by atoms with E-state index in [2.05, 4.69) is 17.2 Å². The number of phenolic OH excluding ortho intramolecular Hbond substituents is 1. The van der Waals surface area contributed by atoms with E-state index < -0.39 is 0 Å². The quantitative estimate of drug-likeness (QED) is 0.748. The van der Waals surface area contributed by atoms with Crippen molar-refractivity contribution in [3.05, 3.63) is 66.5 Å². The molecule has 20 heavy (non-hydrogen) atoms. The fraction of sp³-hybridized carbons (Fsp3) is 0.118. The van der Waals surface area contributed by atoms with Gasteiger partial charge in [-0.15, -0.1) is 0 Å². The largest absolute Gasteiger partial charge is 0.507 e. The second kappa shape index (κ2) is 5.21. The van der Waals surface area contributed by atoms with E-state index in [4.69, 9.17) is 0 Å². The molecule has 3 nitrogen and oxygen atoms in total. The van der Waals surface area contributed by atoms with Crippen LogP contribution in [0.5, 0.6) is 5.75 Å². The fourth-order valence-electron chi connectivity index (χ4n) is 2.36. The smallest absolute Gasteiger partial charge is 0.123 e. The van der Waals surface area contributed by atoms with Crippen LogP contribution in [0.4, 0.5) is 5.69 Å². The molecular formula is C17H16N2O. The van der Waals surface area contributed by atoms with Gasteiger partial charge in [-0.05, 0) is 31.2 Å². The summed E-state index contributed by atoms with van der Waals surface area (Å²) in [4.78, 5) is 4.36. The van der Waals surface area contributed by atoms with Crippen molar-refractivity contribution in [1.82, 2.24) is 4.98 Å². The number of nitrogens with one attached hydrogen (secondary N) is 1. The Bertz CT molecular complexity index is 725. The van der Waals surface area contributed by atoms with E-state index in [0.29, 0.717) is 5.75 Å². The molecule has 1 unspecified atom stereocenters. The molecule has 0 saturated carbocycles. The highest BCUT2D eigenvalue weighted by Crippen LogP contribution is 2.31. The summed E-state index contributed by atoms with van der Waals surface area (Å²) < 4.78 is 0. The van der Waals surface area contributed by atoms with Crippen molar-refractivity contribution < 1.29 is 5.11 Å². The highest BCUT2D eigenvalue weighted by Gasteiger charge is 2.09. The molecule has 0 bridgehead atoms. The van der Waals surface area contributed by atoms with Gasteiger partial charge in [0.1, 0.15) is 5.75 Å². The van der Waals surface area contributed by atoms with Crippen molar-refractivity contribution in [2.45, 2.75) is 13.0 Å². The number of pyridine rings is 1. The number of aromatic nitrogens is 1. The zero-order valence-electron chi connectivity index (χ0n) is 11.2. The Hall–Kier alpha value is -2.55. The first-order chi connectivity index (χ1) is 9.75. The zero-order chi connectivity index (χ0) is 13.9. The van der Waals surface area contributed by atoms with Crippen LogP contribution in [0, 0.1) is 0 Å². The SMILES string of the molecule is CC(Nc1cccc2c(O)cccc12)c1ccccn1. The summed E-state index contributed by atoms with van der Waals surface area (Å²) in [5.41, 5.74) is 1.99. The Balaban J connectivity index is 1.97. The minimum atomic E-state index is 0.101. The second-order valence-electron chi connectivity index (χ2n) is 4.80. The average Bonchev–Trinajstić information content (AvgIpc) is 2.49. The van der Waals surface area contributed by atoms with Crippen LogP contribution in [0.25, 0.3) is 10.8 Å². The lowest BCUT2D eigenvalue weighted by Crippen LogP contribution is -2.08. The number of anilines is 1. The molecule has 0 aliphatic heterocycles. The van der Waals surface area contributed by atoms with Crippen LogP contribution in [-0.4, -0.2) is 10.1 Å². The molecule has 3 rings (SSSR count). The molecule has 0 aliphatic rings. The molecule has 1 heterocycles. The number of fused-ring (bicyclic) bond motifs is 1. The van der Waals surface area contributed by atoms with E-state index in [1.807, 2.05) is 48.5 Å². The van der Waals surface area contributed by atoms with Gasteiger partial charge >= 0.3 is 0 Å². The van der Waals surface area contributed by atoms with Gasteiger partial charge in [0.25, 0.3) is 0 Å². The molecule has 100 valence electrons. The van der Waals surface area contributed by atoms with E-state index >= 15 is 0 Å². The fourth-order valence-corrected chi connectivity index (χ4v) is 2.36. The Morgan fingerprint density at radius 3 is 2.55 bits per heavy atom. The molecule has 3 heteroatoms. The highest BCUT2D eigenvalue weighted by molar-refractivity contribution is 5.97. The van der Waals surface area contributed by atoms with Gasteiger partial charge in [-0.1, -0.05) is 30.3 Å². The van der Waals surface area contributed by atoms with E-state index in [0.717, 1.165) is 22.2 Å². The predicted octanol–water partition coefficient (Wildman–Crippen LogP) is 4.11. The molecule has 2 aromatic carbocycles. The Kier molecular flexibility index (Phi) is 3.25. The van der Waals surface area contributed by atoms with Crippen LogP contribution in [0.2, 0.25) is 0 Å². The summed E-state index contributed by atoms with van der Waals surface area (Å²) in [7, 11) is 0. The number of benzene rings is 2. The summed E-state index contributed by atoms with van der Waals surface area (Å²) in [6.45, 7) is 2.07. The first kappa shape index (κ1) is 12.5. The lowest BCUT2D eigenvalue weighted by molar-refractivity contribution is 0.481. The highest BCUT2D eigenvalue weighted by atomic mass is 16.3. The van der Waals surface area contributed by atoms with Gasteiger partial charge in [-0.3, -0.25) is 4.98 Å². The van der Waals surface area contributed by atoms with Crippen LogP contribution in [0.1, 0.15) is 18.7 Å². The van der Waals surface area contributed by atoms with E-state index in [1.54, 1.807) is 12.3 Å². The zero-order valence-corrected chi connectivity index (χ0v) is 11.2. The normalized spacial score (nSPS) is 12.2. The van der Waals surface area contributed by atoms with Gasteiger partial charge < -0.3 is 10.4 Å². The minimum absolute atomic E-state index is 0.101. The van der Waals surface area contributed by atoms with Crippen molar-refractivity contribution in [2.75, 3.05) is 5.32 Å². The first-order valence-electron chi connectivity index (χ1n) is 6.64. The maximum Gasteiger partial charge on any atom is 0.123 e. The van der Waals surface area contributed by atoms with Crippen molar-refractivity contribution in [3.8, 4) is 5.75 Å². The van der Waals surface area contributed by atoms with Gasteiger partial charge in [-0.25, -0.2) is 0 Å². The van der Waals surface area contributed by atoms with Crippen molar-refractivity contribution in [1.29, 1.82) is 0 Å². The number of hydrogen-bond acceptors (Lipinski definition) is 3. The third-order valence-corrected chi connectivity index (χ3v) is 3.40. The number of rotatable bonds is 3. The predicted molar refractivity (Wildman–Crippen MR) is 81.9 cm³/mol. The molecule has 0 aliphatic carbocycles. The van der Waals surface area contributed by atoms with E-state index in [9.17, 15) is 5.11 Å². The van der Waals surface area contributed by atoms with Crippen molar-refractivity contribution in [3.63, 3.8) is 0 Å². The van der Waals surface area contributed by atoms with Crippen LogP contribution in [0.3, 0.4) is 0 Å². The third kappa shape index (κ3) is 2.30. The van der Waals surface area contributed by atoms with Gasteiger partial charge in [-0.2, -0.15) is 0 Å². The maximum atomic E-state index is 9.91. The van der Waals surface area contributed by atoms with Crippen LogP contribution >= 0.6 is 0 Å². The first-order valence-corrected chi connectivity index (χ1v) is 6.64. The number of aromatic hydroxyl groups is 1. The third-order valence-electron chi connectivity index (χ3n) is 3.40. The van der Waals surface area contributed by atoms with E-state index in [1.165, 1.54) is 0 Å².